The number of aryl methyl sites for hydroxylation is 1. The molecule has 4 rings (SSSR count). The van der Waals surface area contributed by atoms with Crippen LogP contribution in [0.3, 0.4) is 0 Å². The summed E-state index contributed by atoms with van der Waals surface area (Å²) in [6.45, 7) is 1.93. The number of hydrogen-bond donors (Lipinski definition) is 3. The van der Waals surface area contributed by atoms with E-state index in [0.717, 1.165) is 5.56 Å². The van der Waals surface area contributed by atoms with E-state index in [0.29, 0.717) is 28.4 Å². The average molecular weight is 362 g/mol. The van der Waals surface area contributed by atoms with Gasteiger partial charge in [0.25, 0.3) is 5.91 Å². The fourth-order valence-electron chi connectivity index (χ4n) is 3.16. The lowest BCUT2D eigenvalue weighted by molar-refractivity contribution is -0.133. The topological polar surface area (TPSA) is 91.6 Å². The third kappa shape index (κ3) is 3.11. The Kier molecular flexibility index (Phi) is 4.05. The molecular formula is C21H18N2O4. The number of furan rings is 1. The lowest BCUT2D eigenvalue weighted by atomic mass is 9.87. The second-order valence-electron chi connectivity index (χ2n) is 6.64. The third-order valence-electron chi connectivity index (χ3n) is 4.67. The van der Waals surface area contributed by atoms with E-state index in [1.807, 2.05) is 19.1 Å². The molecule has 0 saturated carbocycles. The van der Waals surface area contributed by atoms with E-state index in [1.165, 1.54) is 6.26 Å². The van der Waals surface area contributed by atoms with E-state index >= 15 is 0 Å². The van der Waals surface area contributed by atoms with E-state index in [4.69, 9.17) is 4.42 Å². The summed E-state index contributed by atoms with van der Waals surface area (Å²) in [6, 6.07) is 15.6. The molecule has 6 heteroatoms. The van der Waals surface area contributed by atoms with Gasteiger partial charge >= 0.3 is 0 Å². The monoisotopic (exact) mass is 362 g/mol. The minimum Gasteiger partial charge on any atom is -0.449 e. The number of Topliss-reactive ketones (excluding diaryl/α,β-unsaturated/α-hetero) is 1. The van der Waals surface area contributed by atoms with Gasteiger partial charge in [0.1, 0.15) is 0 Å². The summed E-state index contributed by atoms with van der Waals surface area (Å²) in [7, 11) is 0. The van der Waals surface area contributed by atoms with Gasteiger partial charge in [-0.15, -0.1) is 0 Å². The molecule has 1 amide bonds. The van der Waals surface area contributed by atoms with Crippen molar-refractivity contribution in [2.45, 2.75) is 18.9 Å². The number of carbonyl (C=O) groups is 2. The van der Waals surface area contributed by atoms with Gasteiger partial charge in [-0.25, -0.2) is 0 Å². The number of aliphatic hydroxyl groups is 1. The molecule has 0 fully saturated rings. The second-order valence-corrected chi connectivity index (χ2v) is 6.64. The normalized spacial score (nSPS) is 18.1. The summed E-state index contributed by atoms with van der Waals surface area (Å²) < 4.78 is 5.25. The molecule has 0 saturated heterocycles. The van der Waals surface area contributed by atoms with Gasteiger partial charge in [-0.1, -0.05) is 29.8 Å². The first-order valence-electron chi connectivity index (χ1n) is 8.54. The Morgan fingerprint density at radius 2 is 1.96 bits per heavy atom. The molecule has 1 aliphatic rings. The maximum absolute atomic E-state index is 12.6. The number of hydrogen-bond acceptors (Lipinski definition) is 5. The van der Waals surface area contributed by atoms with Crippen molar-refractivity contribution in [1.29, 1.82) is 0 Å². The zero-order valence-corrected chi connectivity index (χ0v) is 14.7. The van der Waals surface area contributed by atoms with E-state index in [9.17, 15) is 14.7 Å². The van der Waals surface area contributed by atoms with Crippen LogP contribution in [0.4, 0.5) is 17.3 Å². The van der Waals surface area contributed by atoms with Crippen LogP contribution in [0, 0.1) is 6.92 Å². The van der Waals surface area contributed by atoms with Gasteiger partial charge in [0, 0.05) is 28.6 Å². The SMILES string of the molecule is Cc1ccc(C(=O)CC2(O)C(=O)Nc3ccc(Nc4ccco4)cc32)cc1. The van der Waals surface area contributed by atoms with Gasteiger partial charge in [0.2, 0.25) is 0 Å². The molecule has 0 radical (unpaired) electrons. The number of amides is 1. The second kappa shape index (κ2) is 6.41. The number of benzene rings is 2. The molecular weight excluding hydrogens is 344 g/mol. The highest BCUT2D eigenvalue weighted by Gasteiger charge is 2.47. The first kappa shape index (κ1) is 17.1. The molecule has 27 heavy (non-hydrogen) atoms. The van der Waals surface area contributed by atoms with Gasteiger partial charge in [-0.3, -0.25) is 9.59 Å². The van der Waals surface area contributed by atoms with Gasteiger partial charge in [-0.05, 0) is 31.2 Å². The van der Waals surface area contributed by atoms with Crippen LogP contribution in [0.1, 0.15) is 27.9 Å². The zero-order valence-electron chi connectivity index (χ0n) is 14.7. The van der Waals surface area contributed by atoms with Crippen LogP contribution in [0.2, 0.25) is 0 Å². The highest BCUT2D eigenvalue weighted by molar-refractivity contribution is 6.09. The van der Waals surface area contributed by atoms with Gasteiger partial charge in [0.15, 0.2) is 17.3 Å². The highest BCUT2D eigenvalue weighted by atomic mass is 16.3. The van der Waals surface area contributed by atoms with E-state index in [2.05, 4.69) is 10.6 Å². The Morgan fingerprint density at radius 3 is 2.67 bits per heavy atom. The molecule has 1 aromatic heterocycles. The van der Waals surface area contributed by atoms with Crippen molar-refractivity contribution >= 4 is 28.9 Å². The number of ketones is 1. The Labute approximate surface area is 155 Å². The summed E-state index contributed by atoms with van der Waals surface area (Å²) in [6.07, 6.45) is 1.20. The Morgan fingerprint density at radius 1 is 1.19 bits per heavy atom. The minimum atomic E-state index is -1.92. The molecule has 6 nitrogen and oxygen atoms in total. The summed E-state index contributed by atoms with van der Waals surface area (Å²) in [5.41, 5.74) is 1.07. The molecule has 3 N–H and O–H groups in total. The lowest BCUT2D eigenvalue weighted by Crippen LogP contribution is -2.36. The molecule has 0 bridgehead atoms. The Bertz CT molecular complexity index is 1010. The van der Waals surface area contributed by atoms with E-state index < -0.39 is 11.5 Å². The molecule has 1 aliphatic heterocycles. The average Bonchev–Trinajstić information content (AvgIpc) is 3.23. The van der Waals surface area contributed by atoms with Gasteiger partial charge < -0.3 is 20.2 Å². The minimum absolute atomic E-state index is 0.301. The maximum atomic E-state index is 12.6. The van der Waals surface area contributed by atoms with E-state index in [-0.39, 0.29) is 12.2 Å². The fourth-order valence-corrected chi connectivity index (χ4v) is 3.16. The Balaban J connectivity index is 1.64. The van der Waals surface area contributed by atoms with Crippen LogP contribution < -0.4 is 10.6 Å². The number of fused-ring (bicyclic) bond motifs is 1. The molecule has 1 atom stereocenters. The number of rotatable bonds is 5. The number of anilines is 3. The van der Waals surface area contributed by atoms with Crippen LogP contribution >= 0.6 is 0 Å². The van der Waals surface area contributed by atoms with Crippen LogP contribution in [0.5, 0.6) is 0 Å². The van der Waals surface area contributed by atoms with Crippen LogP contribution in [0.25, 0.3) is 0 Å². The van der Waals surface area contributed by atoms with Crippen molar-refractivity contribution in [3.05, 3.63) is 77.6 Å². The van der Waals surface area contributed by atoms with Gasteiger partial charge in [-0.2, -0.15) is 0 Å². The van der Waals surface area contributed by atoms with Crippen LogP contribution in [-0.2, 0) is 10.4 Å². The molecule has 136 valence electrons. The van der Waals surface area contributed by atoms with E-state index in [1.54, 1.807) is 42.5 Å². The summed E-state index contributed by atoms with van der Waals surface area (Å²) in [5, 5.41) is 16.8. The van der Waals surface area contributed by atoms with Crippen molar-refractivity contribution in [3.8, 4) is 0 Å². The maximum Gasteiger partial charge on any atom is 0.261 e. The quantitative estimate of drug-likeness (QED) is 0.601. The third-order valence-corrected chi connectivity index (χ3v) is 4.67. The number of carbonyl (C=O) groups excluding carboxylic acids is 2. The predicted octanol–water partition coefficient (Wildman–Crippen LogP) is 3.74. The highest BCUT2D eigenvalue weighted by Crippen LogP contribution is 2.41. The van der Waals surface area contributed by atoms with Crippen LogP contribution in [0.15, 0.2) is 65.3 Å². The van der Waals surface area contributed by atoms with Crippen molar-refractivity contribution in [1.82, 2.24) is 0 Å². The standard InChI is InChI=1S/C21H18N2O4/c1-13-4-6-14(7-5-13)18(24)12-21(26)16-11-15(22-19-3-2-10-27-19)8-9-17(16)23-20(21)25/h2-11,22,26H,12H2,1H3,(H,23,25). The molecule has 1 unspecified atom stereocenters. The largest absolute Gasteiger partial charge is 0.449 e. The zero-order chi connectivity index (χ0) is 19.0. The first-order chi connectivity index (χ1) is 13.0. The predicted molar refractivity (Wildman–Crippen MR) is 101 cm³/mol. The molecule has 2 aromatic carbocycles. The van der Waals surface area contributed by atoms with Crippen molar-refractivity contribution < 1.29 is 19.1 Å². The first-order valence-corrected chi connectivity index (χ1v) is 8.54. The van der Waals surface area contributed by atoms with Crippen molar-refractivity contribution in [2.75, 3.05) is 10.6 Å². The summed E-state index contributed by atoms with van der Waals surface area (Å²) >= 11 is 0. The summed E-state index contributed by atoms with van der Waals surface area (Å²) in [4.78, 5) is 25.1. The molecule has 2 heterocycles. The number of nitrogens with one attached hydrogen (secondary N) is 2. The van der Waals surface area contributed by atoms with Crippen LogP contribution in [-0.4, -0.2) is 16.8 Å². The molecule has 0 aliphatic carbocycles. The fraction of sp³-hybridized carbons (Fsp3) is 0.143. The van der Waals surface area contributed by atoms with Crippen molar-refractivity contribution in [2.24, 2.45) is 0 Å². The molecule has 3 aromatic rings. The smallest absolute Gasteiger partial charge is 0.261 e. The Hall–Kier alpha value is -3.38. The van der Waals surface area contributed by atoms with Gasteiger partial charge in [0.05, 0.1) is 12.7 Å². The lowest BCUT2D eigenvalue weighted by Gasteiger charge is -2.20. The van der Waals surface area contributed by atoms with Crippen molar-refractivity contribution in [3.63, 3.8) is 0 Å². The molecule has 0 spiro atoms. The summed E-state index contributed by atoms with van der Waals surface area (Å²) in [5.74, 6) is -0.371.